The molecule has 2 aliphatic heterocycles. The number of carbonyl (C=O) groups is 2. The molecule has 0 unspecified atom stereocenters. The van der Waals surface area contributed by atoms with Crippen LogP contribution < -0.4 is 14.8 Å². The molecule has 2 aliphatic rings. The molecule has 256 valence electrons. The van der Waals surface area contributed by atoms with Gasteiger partial charge in [-0.25, -0.2) is 9.59 Å². The Hall–Kier alpha value is -4.50. The molecule has 3 aromatic rings. The van der Waals surface area contributed by atoms with Crippen LogP contribution in [0.2, 0.25) is 0 Å². The Labute approximate surface area is 284 Å². The molecule has 2 fully saturated rings. The highest BCUT2D eigenvalue weighted by atomic mass is 16.7. The van der Waals surface area contributed by atoms with Gasteiger partial charge in [0, 0.05) is 52.1 Å². The van der Waals surface area contributed by atoms with E-state index < -0.39 is 17.7 Å². The number of benzene rings is 3. The predicted molar refractivity (Wildman–Crippen MR) is 187 cm³/mol. The number of nitrogens with zero attached hydrogens (tertiary/aromatic N) is 2. The van der Waals surface area contributed by atoms with E-state index in [9.17, 15) is 9.59 Å². The van der Waals surface area contributed by atoms with Crippen LogP contribution in [0.15, 0.2) is 84.2 Å². The van der Waals surface area contributed by atoms with Crippen LogP contribution in [0.5, 0.6) is 11.5 Å². The third-order valence-electron chi connectivity index (χ3n) is 8.85. The maximum Gasteiger partial charge on any atom is 0.352 e. The van der Waals surface area contributed by atoms with Gasteiger partial charge in [0.2, 0.25) is 0 Å². The molecule has 0 saturated carbocycles. The quantitative estimate of drug-likeness (QED) is 0.125. The summed E-state index contributed by atoms with van der Waals surface area (Å²) in [5, 5.41) is 3.43. The van der Waals surface area contributed by atoms with Crippen molar-refractivity contribution in [3.8, 4) is 11.5 Å². The Balaban J connectivity index is 1.51. The van der Waals surface area contributed by atoms with Crippen molar-refractivity contribution < 1.29 is 28.5 Å². The van der Waals surface area contributed by atoms with Crippen molar-refractivity contribution in [2.24, 2.45) is 5.92 Å². The van der Waals surface area contributed by atoms with E-state index in [0.717, 1.165) is 50.9 Å². The molecule has 1 N–H and O–H groups in total. The summed E-state index contributed by atoms with van der Waals surface area (Å²) in [6.07, 6.45) is 3.66. The Morgan fingerprint density at radius 3 is 2.15 bits per heavy atom. The van der Waals surface area contributed by atoms with Gasteiger partial charge in [0.25, 0.3) is 5.79 Å². The second-order valence-corrected chi connectivity index (χ2v) is 13.4. The molecule has 2 saturated heterocycles. The lowest BCUT2D eigenvalue weighted by Crippen LogP contribution is -2.49. The molecule has 0 bridgehead atoms. The van der Waals surface area contributed by atoms with E-state index in [1.165, 1.54) is 11.1 Å². The Morgan fingerprint density at radius 2 is 1.54 bits per heavy atom. The molecule has 0 aromatic heterocycles. The van der Waals surface area contributed by atoms with E-state index in [4.69, 9.17) is 18.9 Å². The monoisotopic (exact) mass is 655 g/mol. The molecule has 2 heterocycles. The van der Waals surface area contributed by atoms with Crippen LogP contribution in [0, 0.1) is 5.92 Å². The molecular weight excluding hydrogens is 606 g/mol. The molecule has 0 spiro atoms. The fourth-order valence-corrected chi connectivity index (χ4v) is 6.38. The summed E-state index contributed by atoms with van der Waals surface area (Å²) in [5.41, 5.74) is 4.06. The van der Waals surface area contributed by atoms with E-state index in [-0.39, 0.29) is 11.6 Å². The minimum atomic E-state index is -1.37. The zero-order chi connectivity index (χ0) is 34.3. The molecule has 5 rings (SSSR count). The number of rotatable bonds is 13. The van der Waals surface area contributed by atoms with Crippen LogP contribution in [-0.4, -0.2) is 67.4 Å². The predicted octanol–water partition coefficient (Wildman–Crippen LogP) is 6.57. The maximum absolute atomic E-state index is 13.7. The number of cyclic esters (lactones) is 2. The molecule has 3 aromatic carbocycles. The first-order valence-electron chi connectivity index (χ1n) is 16.9. The molecule has 9 nitrogen and oxygen atoms in total. The maximum atomic E-state index is 13.7. The molecule has 48 heavy (non-hydrogen) atoms. The van der Waals surface area contributed by atoms with Crippen LogP contribution >= 0.6 is 0 Å². The number of hydrogen-bond acceptors (Lipinski definition) is 9. The lowest BCUT2D eigenvalue weighted by Gasteiger charge is -2.42. The van der Waals surface area contributed by atoms with Crippen molar-refractivity contribution in [2.75, 3.05) is 39.2 Å². The zero-order valence-corrected chi connectivity index (χ0v) is 29.1. The summed E-state index contributed by atoms with van der Waals surface area (Å²) in [4.78, 5) is 31.9. The van der Waals surface area contributed by atoms with E-state index in [1.807, 2.05) is 12.1 Å². The van der Waals surface area contributed by atoms with Crippen LogP contribution in [0.3, 0.4) is 0 Å². The third kappa shape index (κ3) is 8.89. The molecule has 0 radical (unpaired) electrons. The van der Waals surface area contributed by atoms with Gasteiger partial charge in [-0.3, -0.25) is 0 Å². The van der Waals surface area contributed by atoms with Crippen molar-refractivity contribution in [2.45, 2.75) is 71.8 Å². The van der Waals surface area contributed by atoms with Crippen LogP contribution in [0.4, 0.5) is 5.69 Å². The standard InChI is InChI=1S/C39H49N3O6/c1-27(2)24-29-12-14-30(15-13-29)26-42(31-19-22-41(23-20-31)21-18-28-10-8-7-9-11-28)36(35-37(43)47-39(3,4)48-38(35)44)40-33-17-16-32(45-5)25-34(33)46-6/h7-17,25,27,31,40H,18-24,26H2,1-6H3. The highest BCUT2D eigenvalue weighted by Crippen LogP contribution is 2.35. The number of anilines is 1. The lowest BCUT2D eigenvalue weighted by molar-refractivity contribution is -0.222. The second kappa shape index (κ2) is 15.6. The lowest BCUT2D eigenvalue weighted by atomic mass is 9.99. The average Bonchev–Trinajstić information content (AvgIpc) is 3.06. The van der Waals surface area contributed by atoms with Gasteiger partial charge in [0.1, 0.15) is 17.3 Å². The SMILES string of the molecule is COc1ccc(NC(=C2C(=O)OC(C)(C)OC2=O)N(Cc2ccc(CC(C)C)cc2)C2CCN(CCc3ccccc3)CC2)c(OC)c1. The smallest absolute Gasteiger partial charge is 0.352 e. The van der Waals surface area contributed by atoms with E-state index in [1.54, 1.807) is 40.2 Å². The number of likely N-dealkylation sites (tertiary alicyclic amines) is 1. The van der Waals surface area contributed by atoms with Gasteiger partial charge >= 0.3 is 11.9 Å². The minimum absolute atomic E-state index is 0.0168. The van der Waals surface area contributed by atoms with Crippen LogP contribution in [0.25, 0.3) is 0 Å². The number of carbonyl (C=O) groups excluding carboxylic acids is 2. The van der Waals surface area contributed by atoms with Gasteiger partial charge in [0.15, 0.2) is 5.57 Å². The summed E-state index contributed by atoms with van der Waals surface area (Å²) in [5.74, 6) is -0.843. The summed E-state index contributed by atoms with van der Waals surface area (Å²) in [7, 11) is 3.16. The van der Waals surface area contributed by atoms with Crippen molar-refractivity contribution >= 4 is 17.6 Å². The molecular formula is C39H49N3O6. The highest BCUT2D eigenvalue weighted by Gasteiger charge is 2.43. The molecule has 0 aliphatic carbocycles. The highest BCUT2D eigenvalue weighted by molar-refractivity contribution is 6.16. The third-order valence-corrected chi connectivity index (χ3v) is 8.85. The fourth-order valence-electron chi connectivity index (χ4n) is 6.38. The zero-order valence-electron chi connectivity index (χ0n) is 29.1. The number of ether oxygens (including phenoxy) is 4. The minimum Gasteiger partial charge on any atom is -0.497 e. The first-order valence-corrected chi connectivity index (χ1v) is 16.9. The average molecular weight is 656 g/mol. The fraction of sp³-hybridized carbons (Fsp3) is 0.436. The van der Waals surface area contributed by atoms with Gasteiger partial charge in [-0.1, -0.05) is 68.4 Å². The Morgan fingerprint density at radius 1 is 0.896 bits per heavy atom. The van der Waals surface area contributed by atoms with Crippen LogP contribution in [0.1, 0.15) is 57.2 Å². The van der Waals surface area contributed by atoms with E-state index in [2.05, 4.69) is 77.5 Å². The van der Waals surface area contributed by atoms with Gasteiger partial charge in [-0.15, -0.1) is 0 Å². The first kappa shape index (κ1) is 34.8. The Kier molecular flexibility index (Phi) is 11.3. The van der Waals surface area contributed by atoms with Crippen molar-refractivity contribution in [3.05, 3.63) is 101 Å². The Bertz CT molecular complexity index is 1550. The van der Waals surface area contributed by atoms with Gasteiger partial charge in [-0.2, -0.15) is 0 Å². The molecule has 9 heteroatoms. The molecule has 0 amide bonds. The largest absolute Gasteiger partial charge is 0.497 e. The first-order chi connectivity index (χ1) is 23.0. The van der Waals surface area contributed by atoms with E-state index >= 15 is 0 Å². The topological polar surface area (TPSA) is 89.6 Å². The summed E-state index contributed by atoms with van der Waals surface area (Å²) in [6.45, 7) is 10.7. The van der Waals surface area contributed by atoms with Crippen molar-refractivity contribution in [1.29, 1.82) is 0 Å². The van der Waals surface area contributed by atoms with Crippen LogP contribution in [-0.2, 0) is 38.4 Å². The summed E-state index contributed by atoms with van der Waals surface area (Å²) < 4.78 is 22.4. The van der Waals surface area contributed by atoms with Crippen molar-refractivity contribution in [3.63, 3.8) is 0 Å². The summed E-state index contributed by atoms with van der Waals surface area (Å²) in [6, 6.07) is 24.5. The number of methoxy groups -OCH3 is 2. The summed E-state index contributed by atoms with van der Waals surface area (Å²) >= 11 is 0. The number of nitrogens with one attached hydrogen (secondary N) is 1. The van der Waals surface area contributed by atoms with Gasteiger partial charge in [0.05, 0.1) is 19.9 Å². The van der Waals surface area contributed by atoms with Gasteiger partial charge < -0.3 is 34.1 Å². The molecule has 0 atom stereocenters. The number of piperidine rings is 1. The number of hydrogen-bond donors (Lipinski definition) is 1. The van der Waals surface area contributed by atoms with E-state index in [0.29, 0.717) is 35.5 Å². The second-order valence-electron chi connectivity index (χ2n) is 13.4. The normalized spacial score (nSPS) is 16.7. The number of esters is 2. The van der Waals surface area contributed by atoms with Crippen molar-refractivity contribution in [1.82, 2.24) is 9.80 Å². The van der Waals surface area contributed by atoms with Gasteiger partial charge in [-0.05, 0) is 60.4 Å².